The monoisotopic (exact) mass is 1310 g/mol. The quantitative estimate of drug-likeness (QED) is 0.0842. The number of phenolic OH excluding ortho intramolecular Hbond substituents is 1. The number of fused-ring (bicyclic) bond motifs is 10. The summed E-state index contributed by atoms with van der Waals surface area (Å²) in [5.41, 5.74) is 20.8. The van der Waals surface area contributed by atoms with Gasteiger partial charge in [-0.2, -0.15) is 0 Å². The van der Waals surface area contributed by atoms with Crippen molar-refractivity contribution in [2.45, 2.75) is 177 Å². The van der Waals surface area contributed by atoms with Crippen LogP contribution in [0.4, 0.5) is 0 Å². The third kappa shape index (κ3) is 10.5. The summed E-state index contributed by atoms with van der Waals surface area (Å²) < 4.78 is 4.84. The Bertz CT molecular complexity index is 4340. The number of benzene rings is 7. The average Bonchev–Trinajstić information content (AvgIpc) is 4.02. The Morgan fingerprint density at radius 1 is 0.524 bits per heavy atom. The van der Waals surface area contributed by atoms with Crippen molar-refractivity contribution >= 4 is 62.6 Å². The number of aromatic nitrogens is 5. The molecule has 0 aliphatic rings. The van der Waals surface area contributed by atoms with Crippen LogP contribution < -0.4 is 5.19 Å². The van der Waals surface area contributed by atoms with Crippen molar-refractivity contribution in [2.75, 3.05) is 0 Å². The number of imidazole rings is 2. The summed E-state index contributed by atoms with van der Waals surface area (Å²) in [6, 6.07) is 49.2. The van der Waals surface area contributed by atoms with Gasteiger partial charge in [-0.05, 0) is 102 Å². The first-order chi connectivity index (χ1) is 38.9. The van der Waals surface area contributed by atoms with Crippen molar-refractivity contribution in [1.82, 2.24) is 23.9 Å². The number of pyridine rings is 2. The molecular formula is C76H86N5OPtSi-. The fraction of sp³-hybridized carbons (Fsp3) is 0.355. The Balaban J connectivity index is 0.00000786. The molecule has 6 nitrogen and oxygen atoms in total. The fourth-order valence-corrected chi connectivity index (χ4v) is 13.8. The predicted octanol–water partition coefficient (Wildman–Crippen LogP) is 20.6. The van der Waals surface area contributed by atoms with Crippen LogP contribution >= 0.6 is 0 Å². The second-order valence-corrected chi connectivity index (χ2v) is 34.2. The minimum absolute atomic E-state index is 0. The van der Waals surface area contributed by atoms with Crippen molar-refractivity contribution in [1.29, 1.82) is 0 Å². The van der Waals surface area contributed by atoms with Crippen LogP contribution in [0.15, 0.2) is 128 Å². The largest absolute Gasteiger partial charge is 0.507 e. The molecule has 1 N–H and O–H groups in total. The SMILES string of the molecule is CC(C)c1cccc(C(C)C)c1-c1ccnc(-c2[c-]c(-c3cc4c(nc5c6ccccc6c6ccccc6n45)c4c3nc(-c3cc(C(C)(C)C)cc(C(C)(C)C)c3O)n4-c3c(C(C)C)cc([Si](C)(C)C)cc3C(C)C)cc(C(C)(C)C)c2)c1.[Pt]. The number of aromatic hydroxyl groups is 1. The van der Waals surface area contributed by atoms with Crippen LogP contribution in [0.3, 0.4) is 0 Å². The van der Waals surface area contributed by atoms with E-state index in [-0.39, 0.29) is 54.9 Å². The van der Waals surface area contributed by atoms with Gasteiger partial charge < -0.3 is 5.11 Å². The number of nitrogens with zero attached hydrogens (tertiary/aromatic N) is 5. The normalized spacial score (nSPS) is 12.9. The van der Waals surface area contributed by atoms with Crippen LogP contribution in [-0.4, -0.2) is 37.1 Å². The van der Waals surface area contributed by atoms with E-state index in [1.54, 1.807) is 0 Å². The maximum atomic E-state index is 13.2. The molecule has 0 bridgehead atoms. The second kappa shape index (κ2) is 21.7. The van der Waals surface area contributed by atoms with Crippen molar-refractivity contribution in [3.63, 3.8) is 0 Å². The van der Waals surface area contributed by atoms with Gasteiger partial charge in [0.1, 0.15) is 22.7 Å². The van der Waals surface area contributed by atoms with Gasteiger partial charge in [-0.3, -0.25) is 14.0 Å². The van der Waals surface area contributed by atoms with E-state index in [4.69, 9.17) is 15.0 Å². The molecule has 4 heterocycles. The molecule has 0 aliphatic heterocycles. The first-order valence-corrected chi connectivity index (χ1v) is 33.9. The smallest absolute Gasteiger partial charge is 0.148 e. The van der Waals surface area contributed by atoms with Gasteiger partial charge in [0.05, 0.1) is 41.4 Å². The molecule has 436 valence electrons. The van der Waals surface area contributed by atoms with E-state index >= 15 is 0 Å². The number of phenols is 1. The minimum Gasteiger partial charge on any atom is -0.507 e. The number of hydrogen-bond donors (Lipinski definition) is 1. The Morgan fingerprint density at radius 2 is 1.08 bits per heavy atom. The number of rotatable bonds is 10. The third-order valence-electron chi connectivity index (χ3n) is 17.4. The molecule has 0 atom stereocenters. The number of hydrogen-bond acceptors (Lipinski definition) is 4. The molecule has 0 unspecified atom stereocenters. The summed E-state index contributed by atoms with van der Waals surface area (Å²) in [7, 11) is -1.85. The van der Waals surface area contributed by atoms with Gasteiger partial charge in [0.2, 0.25) is 0 Å². The van der Waals surface area contributed by atoms with Gasteiger partial charge in [0.15, 0.2) is 0 Å². The first kappa shape index (κ1) is 60.5. The average molecular weight is 1310 g/mol. The van der Waals surface area contributed by atoms with Crippen LogP contribution in [0, 0.1) is 6.07 Å². The Labute approximate surface area is 515 Å². The Kier molecular flexibility index (Phi) is 15.6. The van der Waals surface area contributed by atoms with Gasteiger partial charge in [-0.15, -0.1) is 29.3 Å². The molecule has 8 heteroatoms. The van der Waals surface area contributed by atoms with Crippen LogP contribution in [0.2, 0.25) is 19.6 Å². The van der Waals surface area contributed by atoms with E-state index < -0.39 is 8.07 Å². The number of para-hydroxylation sites is 1. The second-order valence-electron chi connectivity index (χ2n) is 29.1. The molecule has 11 aromatic rings. The molecule has 4 aromatic heterocycles. The topological polar surface area (TPSA) is 68.2 Å². The van der Waals surface area contributed by atoms with Gasteiger partial charge in [0.25, 0.3) is 0 Å². The summed E-state index contributed by atoms with van der Waals surface area (Å²) in [5.74, 6) is 1.89. The molecule has 0 amide bonds. The van der Waals surface area contributed by atoms with Crippen LogP contribution in [-0.2, 0) is 37.3 Å². The maximum absolute atomic E-state index is 13.2. The summed E-state index contributed by atoms with van der Waals surface area (Å²) in [4.78, 5) is 17.2. The maximum Gasteiger partial charge on any atom is 0.148 e. The summed E-state index contributed by atoms with van der Waals surface area (Å²) in [5, 5.41) is 18.0. The fourth-order valence-electron chi connectivity index (χ4n) is 12.6. The van der Waals surface area contributed by atoms with Gasteiger partial charge in [0, 0.05) is 49.3 Å². The zero-order valence-electron chi connectivity index (χ0n) is 53.4. The van der Waals surface area contributed by atoms with Gasteiger partial charge >= 0.3 is 0 Å². The molecule has 0 aliphatic carbocycles. The van der Waals surface area contributed by atoms with Crippen LogP contribution in [0.1, 0.15) is 180 Å². The van der Waals surface area contributed by atoms with Crippen molar-refractivity contribution < 1.29 is 26.2 Å². The van der Waals surface area contributed by atoms with E-state index in [1.165, 1.54) is 33.0 Å². The molecule has 7 aromatic carbocycles. The molecule has 0 radical (unpaired) electrons. The van der Waals surface area contributed by atoms with Gasteiger partial charge in [-0.1, -0.05) is 245 Å². The molecule has 0 fully saturated rings. The zero-order chi connectivity index (χ0) is 59.7. The van der Waals surface area contributed by atoms with Gasteiger partial charge in [-0.25, -0.2) is 9.97 Å². The Hall–Kier alpha value is -6.66. The summed E-state index contributed by atoms with van der Waals surface area (Å²) >= 11 is 0. The third-order valence-corrected chi connectivity index (χ3v) is 19.4. The van der Waals surface area contributed by atoms with Crippen LogP contribution in [0.25, 0.3) is 100.0 Å². The molecule has 0 saturated heterocycles. The summed E-state index contributed by atoms with van der Waals surface area (Å²) in [6.45, 7) is 46.1. The summed E-state index contributed by atoms with van der Waals surface area (Å²) in [6.07, 6.45) is 1.98. The van der Waals surface area contributed by atoms with E-state index in [0.29, 0.717) is 23.2 Å². The van der Waals surface area contributed by atoms with E-state index in [2.05, 4.69) is 274 Å². The molecular weight excluding hydrogens is 1220 g/mol. The molecule has 11 rings (SSSR count). The van der Waals surface area contributed by atoms with E-state index in [9.17, 15) is 5.11 Å². The van der Waals surface area contributed by atoms with Crippen molar-refractivity contribution in [3.8, 4) is 56.3 Å². The van der Waals surface area contributed by atoms with Crippen LogP contribution in [0.5, 0.6) is 5.75 Å². The molecule has 0 spiro atoms. The minimum atomic E-state index is -1.85. The molecule has 84 heavy (non-hydrogen) atoms. The van der Waals surface area contributed by atoms with E-state index in [1.807, 2.05) is 6.20 Å². The standard InChI is InChI=1S/C76H86N5OSi.Pt/c1-43(2)53-29-25-30-54(44(3)4)66(53)47-32-33-77-63(37-47)49-34-48(35-50(36-49)74(9,10)11)60-42-65-68(79-72-57-28-22-21-26-55(57)56-27-23-24-31-64(56)80(65)72)70-67(60)78-73(61-38-51(75(12,13)14)39-62(71(61)82)76(15,16)17)81(70)69-58(45(5)6)40-52(83(18,19)20)41-59(69)46(7)8;/h21-33,35-46,82H,1-20H3;/q-1;. The predicted molar refractivity (Wildman–Crippen MR) is 358 cm³/mol. The van der Waals surface area contributed by atoms with Crippen molar-refractivity contribution in [2.24, 2.45) is 0 Å². The first-order valence-electron chi connectivity index (χ1n) is 30.4. The van der Waals surface area contributed by atoms with Crippen molar-refractivity contribution in [3.05, 3.63) is 173 Å². The Morgan fingerprint density at radius 3 is 1.65 bits per heavy atom. The van der Waals surface area contributed by atoms with E-state index in [0.717, 1.165) is 99.7 Å². The zero-order valence-corrected chi connectivity index (χ0v) is 56.7. The molecule has 0 saturated carbocycles.